The van der Waals surface area contributed by atoms with Gasteiger partial charge in [0, 0.05) is 28.3 Å². The molecule has 0 aliphatic heterocycles. The first-order valence-electron chi connectivity index (χ1n) is 7.10. The average Bonchev–Trinajstić information content (AvgIpc) is 2.46. The van der Waals surface area contributed by atoms with Crippen LogP contribution in [-0.2, 0) is 6.42 Å². The van der Waals surface area contributed by atoms with E-state index in [1.165, 1.54) is 0 Å². The summed E-state index contributed by atoms with van der Waals surface area (Å²) in [6.45, 7) is 5.25. The fourth-order valence-electron chi connectivity index (χ4n) is 1.95. The highest BCUT2D eigenvalue weighted by Gasteiger charge is 2.06. The van der Waals surface area contributed by atoms with Crippen molar-refractivity contribution in [2.24, 2.45) is 0 Å². The van der Waals surface area contributed by atoms with Crippen LogP contribution in [0, 0.1) is 0 Å². The Morgan fingerprint density at radius 1 is 1.05 bits per heavy atom. The van der Waals surface area contributed by atoms with E-state index in [-0.39, 0.29) is 0 Å². The Balaban J connectivity index is 2.34. The van der Waals surface area contributed by atoms with Gasteiger partial charge in [-0.05, 0) is 25.0 Å². The molecule has 2 rings (SSSR count). The number of hydrogen-bond donors (Lipinski definition) is 1. The van der Waals surface area contributed by atoms with E-state index in [0.29, 0.717) is 0 Å². The summed E-state index contributed by atoms with van der Waals surface area (Å²) in [5.41, 5.74) is 2.14. The van der Waals surface area contributed by atoms with E-state index in [0.717, 1.165) is 53.2 Å². The Morgan fingerprint density at radius 2 is 1.80 bits per heavy atom. The van der Waals surface area contributed by atoms with Crippen LogP contribution < -0.4 is 5.32 Å². The summed E-state index contributed by atoms with van der Waals surface area (Å²) in [5, 5.41) is 3.35. The normalized spacial score (nSPS) is 10.6. The van der Waals surface area contributed by atoms with Crippen molar-refractivity contribution < 1.29 is 0 Å². The minimum absolute atomic E-state index is 0.794. The van der Waals surface area contributed by atoms with E-state index in [1.807, 2.05) is 24.3 Å². The second-order valence-corrected chi connectivity index (χ2v) is 5.67. The zero-order valence-corrected chi connectivity index (χ0v) is 13.6. The molecule has 1 N–H and O–H groups in total. The molecule has 1 aromatic heterocycles. The number of benzene rings is 1. The molecule has 106 valence electrons. The van der Waals surface area contributed by atoms with Gasteiger partial charge < -0.3 is 5.32 Å². The van der Waals surface area contributed by atoms with Gasteiger partial charge >= 0.3 is 0 Å². The maximum absolute atomic E-state index is 4.66. The molecule has 3 nitrogen and oxygen atoms in total. The van der Waals surface area contributed by atoms with Crippen LogP contribution in [-0.4, -0.2) is 16.5 Å². The number of aryl methyl sites for hydroxylation is 1. The quantitative estimate of drug-likeness (QED) is 0.833. The van der Waals surface area contributed by atoms with E-state index in [4.69, 9.17) is 0 Å². The lowest BCUT2D eigenvalue weighted by Crippen LogP contribution is -2.05. The molecule has 20 heavy (non-hydrogen) atoms. The van der Waals surface area contributed by atoms with Crippen LogP contribution in [0.25, 0.3) is 11.4 Å². The first-order valence-corrected chi connectivity index (χ1v) is 7.90. The number of halogens is 1. The van der Waals surface area contributed by atoms with E-state index in [9.17, 15) is 0 Å². The fourth-order valence-corrected chi connectivity index (χ4v) is 2.22. The average molecular weight is 334 g/mol. The van der Waals surface area contributed by atoms with Crippen LogP contribution in [0.3, 0.4) is 0 Å². The topological polar surface area (TPSA) is 37.8 Å². The third-order valence-corrected chi connectivity index (χ3v) is 3.47. The first-order chi connectivity index (χ1) is 9.72. The van der Waals surface area contributed by atoms with Gasteiger partial charge in [0.25, 0.3) is 0 Å². The molecule has 0 atom stereocenters. The zero-order valence-electron chi connectivity index (χ0n) is 12.0. The number of rotatable bonds is 6. The number of nitrogens with zero attached hydrogens (tertiary/aromatic N) is 2. The third-order valence-electron chi connectivity index (χ3n) is 2.94. The Kier molecular flexibility index (Phi) is 5.53. The standard InChI is InChI=1S/C16H20BrN3/c1-3-5-14-11-15(18-10-4-2)20-16(19-14)12-6-8-13(17)9-7-12/h6-9,11H,3-5,10H2,1-2H3,(H,18,19,20). The summed E-state index contributed by atoms with van der Waals surface area (Å²) in [7, 11) is 0. The molecule has 0 amide bonds. The van der Waals surface area contributed by atoms with E-state index in [2.05, 4.69) is 51.1 Å². The second-order valence-electron chi connectivity index (χ2n) is 4.75. The maximum Gasteiger partial charge on any atom is 0.161 e. The molecule has 2 aromatic rings. The number of aromatic nitrogens is 2. The Bertz CT molecular complexity index is 552. The minimum Gasteiger partial charge on any atom is -0.370 e. The highest BCUT2D eigenvalue weighted by molar-refractivity contribution is 9.10. The van der Waals surface area contributed by atoms with Crippen LogP contribution in [0.15, 0.2) is 34.8 Å². The molecule has 0 aliphatic rings. The lowest BCUT2D eigenvalue weighted by molar-refractivity contribution is 0.872. The van der Waals surface area contributed by atoms with Gasteiger partial charge in [0.1, 0.15) is 5.82 Å². The molecule has 0 unspecified atom stereocenters. The van der Waals surface area contributed by atoms with E-state index >= 15 is 0 Å². The van der Waals surface area contributed by atoms with Crippen LogP contribution >= 0.6 is 15.9 Å². The monoisotopic (exact) mass is 333 g/mol. The number of nitrogens with one attached hydrogen (secondary N) is 1. The van der Waals surface area contributed by atoms with Crippen LogP contribution in [0.2, 0.25) is 0 Å². The van der Waals surface area contributed by atoms with Gasteiger partial charge in [0.05, 0.1) is 0 Å². The van der Waals surface area contributed by atoms with Gasteiger partial charge in [-0.3, -0.25) is 0 Å². The van der Waals surface area contributed by atoms with Crippen molar-refractivity contribution in [1.29, 1.82) is 0 Å². The van der Waals surface area contributed by atoms with E-state index in [1.54, 1.807) is 0 Å². The van der Waals surface area contributed by atoms with Crippen molar-refractivity contribution >= 4 is 21.7 Å². The summed E-state index contributed by atoms with van der Waals surface area (Å²) in [4.78, 5) is 9.28. The van der Waals surface area contributed by atoms with Gasteiger partial charge in [-0.25, -0.2) is 9.97 Å². The zero-order chi connectivity index (χ0) is 14.4. The molecule has 0 saturated heterocycles. The maximum atomic E-state index is 4.66. The summed E-state index contributed by atoms with van der Waals surface area (Å²) in [6, 6.07) is 10.2. The first kappa shape index (κ1) is 15.0. The van der Waals surface area contributed by atoms with Gasteiger partial charge in [0.2, 0.25) is 0 Å². The second kappa shape index (κ2) is 7.39. The predicted octanol–water partition coefficient (Wildman–Crippen LogP) is 4.68. The summed E-state index contributed by atoms with van der Waals surface area (Å²) in [5.74, 6) is 1.71. The minimum atomic E-state index is 0.794. The molecular formula is C16H20BrN3. The molecule has 0 fully saturated rings. The van der Waals surface area contributed by atoms with Crippen molar-refractivity contribution in [3.05, 3.63) is 40.5 Å². The third kappa shape index (κ3) is 4.04. The van der Waals surface area contributed by atoms with Crippen LogP contribution in [0.1, 0.15) is 32.4 Å². The molecular weight excluding hydrogens is 314 g/mol. The largest absolute Gasteiger partial charge is 0.370 e. The Hall–Kier alpha value is -1.42. The highest BCUT2D eigenvalue weighted by Crippen LogP contribution is 2.21. The highest BCUT2D eigenvalue weighted by atomic mass is 79.9. The van der Waals surface area contributed by atoms with Crippen molar-refractivity contribution in [1.82, 2.24) is 9.97 Å². The summed E-state index contributed by atoms with van der Waals surface area (Å²) < 4.78 is 1.07. The smallest absolute Gasteiger partial charge is 0.161 e. The molecule has 0 aliphatic carbocycles. The van der Waals surface area contributed by atoms with Crippen molar-refractivity contribution in [3.8, 4) is 11.4 Å². The summed E-state index contributed by atoms with van der Waals surface area (Å²) >= 11 is 3.45. The van der Waals surface area contributed by atoms with Gasteiger partial charge in [-0.1, -0.05) is 48.3 Å². The van der Waals surface area contributed by atoms with Gasteiger partial charge in [-0.2, -0.15) is 0 Å². The predicted molar refractivity (Wildman–Crippen MR) is 87.9 cm³/mol. The van der Waals surface area contributed by atoms with Crippen molar-refractivity contribution in [2.45, 2.75) is 33.1 Å². The Morgan fingerprint density at radius 3 is 2.45 bits per heavy atom. The fraction of sp³-hybridized carbons (Fsp3) is 0.375. The molecule has 0 bridgehead atoms. The summed E-state index contributed by atoms with van der Waals surface area (Å²) in [6.07, 6.45) is 3.15. The molecule has 1 aromatic carbocycles. The SMILES string of the molecule is CCCNc1cc(CCC)nc(-c2ccc(Br)cc2)n1. The number of hydrogen-bond acceptors (Lipinski definition) is 3. The molecule has 4 heteroatoms. The Labute approximate surface area is 129 Å². The van der Waals surface area contributed by atoms with Crippen molar-refractivity contribution in [3.63, 3.8) is 0 Å². The molecule has 0 radical (unpaired) electrons. The molecule has 0 spiro atoms. The molecule has 1 heterocycles. The van der Waals surface area contributed by atoms with Crippen LogP contribution in [0.4, 0.5) is 5.82 Å². The molecule has 0 saturated carbocycles. The van der Waals surface area contributed by atoms with Crippen LogP contribution in [0.5, 0.6) is 0 Å². The van der Waals surface area contributed by atoms with E-state index < -0.39 is 0 Å². The van der Waals surface area contributed by atoms with Gasteiger partial charge in [-0.15, -0.1) is 0 Å². The lowest BCUT2D eigenvalue weighted by atomic mass is 10.2. The van der Waals surface area contributed by atoms with Crippen molar-refractivity contribution in [2.75, 3.05) is 11.9 Å². The lowest BCUT2D eigenvalue weighted by Gasteiger charge is -2.09. The number of anilines is 1. The van der Waals surface area contributed by atoms with Gasteiger partial charge in [0.15, 0.2) is 5.82 Å².